The summed E-state index contributed by atoms with van der Waals surface area (Å²) in [4.78, 5) is 11.4. The van der Waals surface area contributed by atoms with Crippen molar-refractivity contribution in [2.45, 2.75) is 25.9 Å². The highest BCUT2D eigenvalue weighted by atomic mass is 32.2. The molecule has 0 amide bonds. The van der Waals surface area contributed by atoms with E-state index in [0.717, 1.165) is 25.9 Å². The predicted octanol–water partition coefficient (Wildman–Crippen LogP) is -0.888. The van der Waals surface area contributed by atoms with Gasteiger partial charge in [0.25, 0.3) is 15.7 Å². The Labute approximate surface area is 98.5 Å². The number of hydrogen-bond acceptors (Lipinski definition) is 5. The van der Waals surface area contributed by atoms with Gasteiger partial charge in [0.05, 0.1) is 6.26 Å². The molecule has 2 rings (SSSR count). The highest BCUT2D eigenvalue weighted by molar-refractivity contribution is 7.85. The third-order valence-electron chi connectivity index (χ3n) is 2.30. The highest BCUT2D eigenvalue weighted by Crippen LogP contribution is 2.15. The van der Waals surface area contributed by atoms with Gasteiger partial charge < -0.3 is 11.5 Å². The lowest BCUT2D eigenvalue weighted by Crippen LogP contribution is -2.27. The summed E-state index contributed by atoms with van der Waals surface area (Å²) in [6.45, 7) is 1.54. The molecule has 8 nitrogen and oxygen atoms in total. The van der Waals surface area contributed by atoms with E-state index in [0.29, 0.717) is 12.1 Å². The van der Waals surface area contributed by atoms with Gasteiger partial charge in [0.1, 0.15) is 11.5 Å². The van der Waals surface area contributed by atoms with Gasteiger partial charge in [-0.2, -0.15) is 8.42 Å². The molecular formula is C8H16N4O4S. The number of rotatable bonds is 0. The topological polar surface area (TPSA) is 133 Å². The molecule has 1 aromatic heterocycles. The van der Waals surface area contributed by atoms with E-state index in [1.807, 2.05) is 0 Å². The molecule has 0 unspecified atom stereocenters. The van der Waals surface area contributed by atoms with E-state index < -0.39 is 10.1 Å². The molecule has 0 aliphatic carbocycles. The first-order valence-electron chi connectivity index (χ1n) is 4.99. The minimum atomic E-state index is -3.67. The minimum Gasteiger partial charge on any atom is -0.391 e. The fourth-order valence-corrected chi connectivity index (χ4v) is 1.61. The fourth-order valence-electron chi connectivity index (χ4n) is 1.61. The fraction of sp³-hybridized carbons (Fsp3) is 0.625. The summed E-state index contributed by atoms with van der Waals surface area (Å²) < 4.78 is 29.3. The molecule has 0 aromatic carbocycles. The number of nitrogens with two attached hydrogens (primary N) is 2. The van der Waals surface area contributed by atoms with Crippen LogP contribution in [0, 0.1) is 0 Å². The summed E-state index contributed by atoms with van der Waals surface area (Å²) in [6, 6.07) is 0. The second kappa shape index (κ2) is 4.80. The van der Waals surface area contributed by atoms with Crippen LogP contribution in [0.2, 0.25) is 0 Å². The number of anilines is 2. The second-order valence-corrected chi connectivity index (χ2v) is 5.26. The average Bonchev–Trinajstić information content (AvgIpc) is 2.43. The molecule has 1 aliphatic heterocycles. The van der Waals surface area contributed by atoms with Gasteiger partial charge in [-0.15, -0.1) is 0 Å². The molecule has 98 valence electrons. The zero-order valence-electron chi connectivity index (χ0n) is 9.46. The molecule has 0 saturated heterocycles. The van der Waals surface area contributed by atoms with E-state index in [4.69, 9.17) is 16.0 Å². The Bertz CT molecular complexity index is 549. The molecule has 17 heavy (non-hydrogen) atoms. The smallest absolute Gasteiger partial charge is 0.292 e. The maximum Gasteiger partial charge on any atom is 0.292 e. The van der Waals surface area contributed by atoms with Gasteiger partial charge in [-0.3, -0.25) is 14.0 Å². The summed E-state index contributed by atoms with van der Waals surface area (Å²) in [5.41, 5.74) is 11.2. The predicted molar refractivity (Wildman–Crippen MR) is 64.2 cm³/mol. The molecule has 5 N–H and O–H groups in total. The van der Waals surface area contributed by atoms with Crippen molar-refractivity contribution < 1.29 is 13.0 Å². The van der Waals surface area contributed by atoms with Gasteiger partial charge in [-0.05, 0) is 12.8 Å². The van der Waals surface area contributed by atoms with Crippen LogP contribution in [0.25, 0.3) is 0 Å². The van der Waals surface area contributed by atoms with Crippen LogP contribution < -0.4 is 17.0 Å². The first-order chi connectivity index (χ1) is 7.72. The average molecular weight is 264 g/mol. The van der Waals surface area contributed by atoms with Crippen LogP contribution in [0.5, 0.6) is 0 Å². The Kier molecular flexibility index (Phi) is 3.83. The van der Waals surface area contributed by atoms with E-state index in [9.17, 15) is 13.2 Å². The molecule has 2 heterocycles. The van der Waals surface area contributed by atoms with Gasteiger partial charge in [-0.25, -0.2) is 4.68 Å². The van der Waals surface area contributed by atoms with E-state index in [1.54, 1.807) is 9.36 Å². The van der Waals surface area contributed by atoms with Crippen molar-refractivity contribution in [2.24, 2.45) is 0 Å². The zero-order valence-corrected chi connectivity index (χ0v) is 10.3. The van der Waals surface area contributed by atoms with Crippen LogP contribution in [0.4, 0.5) is 11.5 Å². The normalized spacial score (nSPS) is 14.7. The van der Waals surface area contributed by atoms with Crippen molar-refractivity contribution in [2.75, 3.05) is 17.7 Å². The number of fused-ring (bicyclic) bond motifs is 1. The quantitative estimate of drug-likeness (QED) is 0.521. The molecule has 1 aliphatic rings. The Hall–Kier alpha value is -1.48. The van der Waals surface area contributed by atoms with Crippen molar-refractivity contribution in [1.82, 2.24) is 9.36 Å². The van der Waals surface area contributed by atoms with Crippen molar-refractivity contribution in [3.8, 4) is 0 Å². The molecule has 0 saturated carbocycles. The summed E-state index contributed by atoms with van der Waals surface area (Å²) >= 11 is 0. The monoisotopic (exact) mass is 264 g/mol. The van der Waals surface area contributed by atoms with Gasteiger partial charge >= 0.3 is 0 Å². The minimum absolute atomic E-state index is 0.146. The van der Waals surface area contributed by atoms with Gasteiger partial charge in [0, 0.05) is 13.1 Å². The number of nitrogen functional groups attached to an aromatic ring is 2. The molecule has 0 bridgehead atoms. The van der Waals surface area contributed by atoms with Crippen molar-refractivity contribution in [3.05, 3.63) is 10.4 Å². The third-order valence-corrected chi connectivity index (χ3v) is 2.30. The Morgan fingerprint density at radius 1 is 1.18 bits per heavy atom. The standard InChI is InChI=1S/C7H12N4O.CH4O3S/c8-5-6(9)10-3-1-2-4-11(10)7(5)12;1-5(2,3)4/h1-4,8-9H2;1H3,(H,2,3,4). The first-order valence-corrected chi connectivity index (χ1v) is 6.83. The zero-order chi connectivity index (χ0) is 13.2. The second-order valence-electron chi connectivity index (χ2n) is 3.79. The number of hydrogen-bond donors (Lipinski definition) is 3. The maximum atomic E-state index is 11.4. The van der Waals surface area contributed by atoms with E-state index in [1.165, 1.54) is 0 Å². The van der Waals surface area contributed by atoms with Crippen LogP contribution in [0.3, 0.4) is 0 Å². The summed E-state index contributed by atoms with van der Waals surface area (Å²) in [5.74, 6) is 0.416. The molecule has 0 atom stereocenters. The third kappa shape index (κ3) is 3.49. The van der Waals surface area contributed by atoms with Crippen LogP contribution in [-0.4, -0.2) is 28.6 Å². The molecule has 0 radical (unpaired) electrons. The molecule has 1 aromatic rings. The highest BCUT2D eigenvalue weighted by Gasteiger charge is 2.17. The van der Waals surface area contributed by atoms with Crippen LogP contribution >= 0.6 is 0 Å². The summed E-state index contributed by atoms with van der Waals surface area (Å²) in [7, 11) is -3.67. The van der Waals surface area contributed by atoms with Gasteiger partial charge in [0.2, 0.25) is 0 Å². The SMILES string of the molecule is CS(=O)(=O)O.Nc1c(N)n2n(c1=O)CCCC2. The van der Waals surface area contributed by atoms with Crippen molar-refractivity contribution in [1.29, 1.82) is 0 Å². The number of aromatic nitrogens is 2. The van der Waals surface area contributed by atoms with Crippen LogP contribution in [0.1, 0.15) is 12.8 Å². The maximum absolute atomic E-state index is 11.4. The lowest BCUT2D eigenvalue weighted by Gasteiger charge is -2.17. The largest absolute Gasteiger partial charge is 0.391 e. The van der Waals surface area contributed by atoms with E-state index in [2.05, 4.69) is 0 Å². The van der Waals surface area contributed by atoms with E-state index >= 15 is 0 Å². The van der Waals surface area contributed by atoms with Crippen LogP contribution in [0.15, 0.2) is 4.79 Å². The van der Waals surface area contributed by atoms with Crippen LogP contribution in [-0.2, 0) is 23.2 Å². The van der Waals surface area contributed by atoms with Gasteiger partial charge in [0.15, 0.2) is 0 Å². The summed E-state index contributed by atoms with van der Waals surface area (Å²) in [6.07, 6.45) is 2.81. The lowest BCUT2D eigenvalue weighted by atomic mass is 10.3. The molecule has 0 spiro atoms. The van der Waals surface area contributed by atoms with Gasteiger partial charge in [-0.1, -0.05) is 0 Å². The van der Waals surface area contributed by atoms with Crippen molar-refractivity contribution in [3.63, 3.8) is 0 Å². The van der Waals surface area contributed by atoms with E-state index in [-0.39, 0.29) is 11.2 Å². The Morgan fingerprint density at radius 3 is 2.00 bits per heavy atom. The van der Waals surface area contributed by atoms with Crippen molar-refractivity contribution >= 4 is 21.6 Å². The number of nitrogens with zero attached hydrogens (tertiary/aromatic N) is 2. The lowest BCUT2D eigenvalue weighted by molar-refractivity contribution is 0.360. The Morgan fingerprint density at radius 2 is 1.59 bits per heavy atom. The Balaban J connectivity index is 0.000000249. The molecular weight excluding hydrogens is 248 g/mol. The molecule has 0 fully saturated rings. The first kappa shape index (κ1) is 13.6. The summed E-state index contributed by atoms with van der Waals surface area (Å²) in [5, 5.41) is 0. The molecule has 9 heteroatoms.